The van der Waals surface area contributed by atoms with E-state index in [2.05, 4.69) is 4.90 Å². The summed E-state index contributed by atoms with van der Waals surface area (Å²) in [4.78, 5) is 14.0. The van der Waals surface area contributed by atoms with Crippen molar-refractivity contribution in [3.8, 4) is 0 Å². The summed E-state index contributed by atoms with van der Waals surface area (Å²) < 4.78 is 27.4. The normalized spacial score (nSPS) is 21.4. The van der Waals surface area contributed by atoms with Crippen LogP contribution in [-0.4, -0.2) is 53.9 Å². The zero-order chi connectivity index (χ0) is 20.3. The molecule has 2 atom stereocenters. The standard InChI is InChI=1S/C20H25N3O4S/c1-15-12-22(28(26,27)19-6-4-3-5-7-19)13-16(2)23(15)14-17-8-10-18(11-9-17)20(24)21-25/h3-11,15-16,25H,12-14H2,1-2H3,(H,21,24)/t15-,16+. The Hall–Kier alpha value is -2.26. The Bertz CT molecular complexity index is 904. The lowest BCUT2D eigenvalue weighted by Crippen LogP contribution is -2.57. The molecule has 2 N–H and O–H groups in total. The van der Waals surface area contributed by atoms with Crippen LogP contribution >= 0.6 is 0 Å². The lowest BCUT2D eigenvalue weighted by atomic mass is 10.1. The van der Waals surface area contributed by atoms with Gasteiger partial charge in [0, 0.05) is 37.3 Å². The Morgan fingerprint density at radius 2 is 1.61 bits per heavy atom. The molecule has 150 valence electrons. The first-order valence-corrected chi connectivity index (χ1v) is 10.6. The van der Waals surface area contributed by atoms with Crippen LogP contribution in [0.3, 0.4) is 0 Å². The SMILES string of the molecule is C[C@@H]1CN(S(=O)(=O)c2ccccc2)C[C@H](C)N1Cc1ccc(C(=O)NO)cc1. The van der Waals surface area contributed by atoms with E-state index in [9.17, 15) is 13.2 Å². The number of nitrogens with one attached hydrogen (secondary N) is 1. The fraction of sp³-hybridized carbons (Fsp3) is 0.350. The predicted octanol–water partition coefficient (Wildman–Crippen LogP) is 2.09. The number of sulfonamides is 1. The van der Waals surface area contributed by atoms with Gasteiger partial charge in [0.25, 0.3) is 5.91 Å². The molecule has 8 heteroatoms. The van der Waals surface area contributed by atoms with Gasteiger partial charge in [-0.2, -0.15) is 4.31 Å². The molecule has 2 aromatic rings. The number of hydroxylamine groups is 1. The molecule has 3 rings (SSSR count). The van der Waals surface area contributed by atoms with E-state index in [0.717, 1.165) is 5.56 Å². The molecule has 0 radical (unpaired) electrons. The van der Waals surface area contributed by atoms with Crippen molar-refractivity contribution in [1.82, 2.24) is 14.7 Å². The van der Waals surface area contributed by atoms with E-state index in [1.807, 2.05) is 26.0 Å². The molecule has 1 fully saturated rings. The molecule has 0 aliphatic carbocycles. The minimum Gasteiger partial charge on any atom is -0.291 e. The molecular formula is C20H25N3O4S. The van der Waals surface area contributed by atoms with Crippen molar-refractivity contribution in [1.29, 1.82) is 0 Å². The third kappa shape index (κ3) is 4.25. The smallest absolute Gasteiger partial charge is 0.274 e. The number of piperazine rings is 1. The monoisotopic (exact) mass is 403 g/mol. The number of benzene rings is 2. The van der Waals surface area contributed by atoms with Crippen molar-refractivity contribution in [2.75, 3.05) is 13.1 Å². The first-order chi connectivity index (χ1) is 13.3. The lowest BCUT2D eigenvalue weighted by molar-refractivity contribution is 0.0695. The maximum absolute atomic E-state index is 12.9. The van der Waals surface area contributed by atoms with Crippen LogP contribution in [-0.2, 0) is 16.6 Å². The van der Waals surface area contributed by atoms with E-state index in [1.54, 1.807) is 52.2 Å². The highest BCUT2D eigenvalue weighted by molar-refractivity contribution is 7.89. The quantitative estimate of drug-likeness (QED) is 0.589. The van der Waals surface area contributed by atoms with Crippen LogP contribution in [0, 0.1) is 0 Å². The highest BCUT2D eigenvalue weighted by atomic mass is 32.2. The second-order valence-corrected chi connectivity index (χ2v) is 9.08. The minimum atomic E-state index is -3.50. The summed E-state index contributed by atoms with van der Waals surface area (Å²) in [6.07, 6.45) is 0. The van der Waals surface area contributed by atoms with Gasteiger partial charge in [-0.05, 0) is 43.7 Å². The van der Waals surface area contributed by atoms with Crippen molar-refractivity contribution >= 4 is 15.9 Å². The van der Waals surface area contributed by atoms with Crippen LogP contribution < -0.4 is 5.48 Å². The topological polar surface area (TPSA) is 90.0 Å². The van der Waals surface area contributed by atoms with E-state index < -0.39 is 15.9 Å². The summed E-state index contributed by atoms with van der Waals surface area (Å²) in [6.45, 7) is 5.55. The Labute approximate surface area is 165 Å². The van der Waals surface area contributed by atoms with Crippen LogP contribution in [0.5, 0.6) is 0 Å². The van der Waals surface area contributed by atoms with Gasteiger partial charge in [-0.3, -0.25) is 14.9 Å². The van der Waals surface area contributed by atoms with E-state index in [4.69, 9.17) is 5.21 Å². The number of hydrogen-bond acceptors (Lipinski definition) is 5. The number of nitrogens with zero attached hydrogens (tertiary/aromatic N) is 2. The molecule has 2 aromatic carbocycles. The fourth-order valence-corrected chi connectivity index (χ4v) is 5.22. The maximum atomic E-state index is 12.9. The summed E-state index contributed by atoms with van der Waals surface area (Å²) in [5, 5.41) is 8.70. The molecule has 1 heterocycles. The van der Waals surface area contributed by atoms with Gasteiger partial charge >= 0.3 is 0 Å². The van der Waals surface area contributed by atoms with Crippen LogP contribution in [0.4, 0.5) is 0 Å². The zero-order valence-corrected chi connectivity index (χ0v) is 16.8. The summed E-state index contributed by atoms with van der Waals surface area (Å²) in [6, 6.07) is 15.6. The van der Waals surface area contributed by atoms with Crippen LogP contribution in [0.25, 0.3) is 0 Å². The summed E-state index contributed by atoms with van der Waals surface area (Å²) in [5.41, 5.74) is 3.02. The Morgan fingerprint density at radius 3 is 2.14 bits per heavy atom. The van der Waals surface area contributed by atoms with Crippen LogP contribution in [0.1, 0.15) is 29.8 Å². The number of rotatable bonds is 5. The van der Waals surface area contributed by atoms with Crippen molar-refractivity contribution in [2.24, 2.45) is 0 Å². The minimum absolute atomic E-state index is 0.0441. The first-order valence-electron chi connectivity index (χ1n) is 9.17. The summed E-state index contributed by atoms with van der Waals surface area (Å²) in [7, 11) is -3.50. The molecule has 0 bridgehead atoms. The first kappa shape index (κ1) is 20.5. The van der Waals surface area contributed by atoms with Crippen molar-refractivity contribution in [2.45, 2.75) is 37.4 Å². The van der Waals surface area contributed by atoms with Gasteiger partial charge < -0.3 is 0 Å². The predicted molar refractivity (Wildman–Crippen MR) is 105 cm³/mol. The molecule has 1 aliphatic rings. The molecule has 0 spiro atoms. The Kier molecular flexibility index (Phi) is 6.14. The molecule has 1 amide bonds. The molecular weight excluding hydrogens is 378 g/mol. The number of carbonyl (C=O) groups is 1. The lowest BCUT2D eigenvalue weighted by Gasteiger charge is -2.43. The van der Waals surface area contributed by atoms with Crippen molar-refractivity contribution in [3.05, 3.63) is 65.7 Å². The van der Waals surface area contributed by atoms with Crippen LogP contribution in [0.15, 0.2) is 59.5 Å². The van der Waals surface area contributed by atoms with Crippen molar-refractivity contribution < 1.29 is 18.4 Å². The fourth-order valence-electron chi connectivity index (χ4n) is 3.59. The Balaban J connectivity index is 1.71. The number of carbonyl (C=O) groups excluding carboxylic acids is 1. The zero-order valence-electron chi connectivity index (χ0n) is 15.9. The molecule has 7 nitrogen and oxygen atoms in total. The Morgan fingerprint density at radius 1 is 1.04 bits per heavy atom. The largest absolute Gasteiger partial charge is 0.291 e. The highest BCUT2D eigenvalue weighted by Gasteiger charge is 2.35. The van der Waals surface area contributed by atoms with Gasteiger partial charge in [0.05, 0.1) is 4.90 Å². The van der Waals surface area contributed by atoms with Gasteiger partial charge in [0.15, 0.2) is 0 Å². The average molecular weight is 404 g/mol. The van der Waals surface area contributed by atoms with Crippen molar-refractivity contribution in [3.63, 3.8) is 0 Å². The number of hydrogen-bond donors (Lipinski definition) is 2. The molecule has 28 heavy (non-hydrogen) atoms. The maximum Gasteiger partial charge on any atom is 0.274 e. The summed E-state index contributed by atoms with van der Waals surface area (Å²) >= 11 is 0. The molecule has 1 saturated heterocycles. The molecule has 1 aliphatic heterocycles. The third-order valence-corrected chi connectivity index (χ3v) is 6.98. The highest BCUT2D eigenvalue weighted by Crippen LogP contribution is 2.24. The second-order valence-electron chi connectivity index (χ2n) is 7.14. The van der Waals surface area contributed by atoms with E-state index in [-0.39, 0.29) is 12.1 Å². The van der Waals surface area contributed by atoms with E-state index in [0.29, 0.717) is 30.1 Å². The molecule has 0 unspecified atom stereocenters. The van der Waals surface area contributed by atoms with E-state index in [1.165, 1.54) is 0 Å². The third-order valence-electron chi connectivity index (χ3n) is 5.13. The van der Waals surface area contributed by atoms with Gasteiger partial charge in [0.1, 0.15) is 0 Å². The van der Waals surface area contributed by atoms with Gasteiger partial charge in [-0.15, -0.1) is 0 Å². The molecule has 0 aromatic heterocycles. The average Bonchev–Trinajstić information content (AvgIpc) is 2.71. The van der Waals surface area contributed by atoms with Crippen LogP contribution in [0.2, 0.25) is 0 Å². The van der Waals surface area contributed by atoms with Gasteiger partial charge in [-0.25, -0.2) is 13.9 Å². The number of amides is 1. The summed E-state index contributed by atoms with van der Waals surface area (Å²) in [5.74, 6) is -0.548. The second kappa shape index (κ2) is 8.40. The molecule has 0 saturated carbocycles. The van der Waals surface area contributed by atoms with Gasteiger partial charge in [-0.1, -0.05) is 30.3 Å². The van der Waals surface area contributed by atoms with Gasteiger partial charge in [0.2, 0.25) is 10.0 Å². The van der Waals surface area contributed by atoms with E-state index >= 15 is 0 Å².